The van der Waals surface area contributed by atoms with Crippen molar-refractivity contribution in [1.29, 1.82) is 0 Å². The molecule has 0 spiro atoms. The molecule has 1 aromatic carbocycles. The molecule has 1 amide bonds. The first-order valence-electron chi connectivity index (χ1n) is 9.14. The van der Waals surface area contributed by atoms with Crippen LogP contribution in [0.4, 0.5) is 0 Å². The summed E-state index contributed by atoms with van der Waals surface area (Å²) in [5, 5.41) is 14.2. The minimum Gasteiger partial charge on any atom is -0.481 e. The van der Waals surface area contributed by atoms with E-state index in [1.54, 1.807) is 6.92 Å². The first-order valence-corrected chi connectivity index (χ1v) is 9.14. The normalized spacial score (nSPS) is 19.2. The van der Waals surface area contributed by atoms with E-state index < -0.39 is 6.10 Å². The number of ether oxygens (including phenoxy) is 1. The Bertz CT molecular complexity index is 721. The highest BCUT2D eigenvalue weighted by atomic mass is 16.5. The number of carbonyl (C=O) groups excluding carboxylic acids is 1. The molecule has 1 N–H and O–H groups in total. The minimum atomic E-state index is -0.528. The second kappa shape index (κ2) is 7.43. The van der Waals surface area contributed by atoms with Crippen molar-refractivity contribution < 1.29 is 9.53 Å². The van der Waals surface area contributed by atoms with Gasteiger partial charge in [-0.05, 0) is 42.9 Å². The Hall–Kier alpha value is -2.44. The molecule has 2 heterocycles. The van der Waals surface area contributed by atoms with Crippen LogP contribution in [0.15, 0.2) is 24.3 Å². The summed E-state index contributed by atoms with van der Waals surface area (Å²) < 4.78 is 5.88. The molecule has 2 atom stereocenters. The molecule has 2 aromatic rings. The van der Waals surface area contributed by atoms with E-state index in [0.29, 0.717) is 18.1 Å². The largest absolute Gasteiger partial charge is 0.481 e. The molecule has 7 nitrogen and oxygen atoms in total. The van der Waals surface area contributed by atoms with E-state index in [1.165, 1.54) is 5.56 Å². The van der Waals surface area contributed by atoms with Gasteiger partial charge in [-0.1, -0.05) is 38.1 Å². The highest BCUT2D eigenvalue weighted by Gasteiger charge is 2.30. The highest BCUT2D eigenvalue weighted by molar-refractivity contribution is 5.81. The molecule has 1 aromatic heterocycles. The number of amides is 1. The summed E-state index contributed by atoms with van der Waals surface area (Å²) in [4.78, 5) is 14.6. The van der Waals surface area contributed by atoms with Crippen molar-refractivity contribution in [3.63, 3.8) is 0 Å². The summed E-state index contributed by atoms with van der Waals surface area (Å²) in [5.41, 5.74) is 1.33. The van der Waals surface area contributed by atoms with Gasteiger partial charge in [-0.15, -0.1) is 10.2 Å². The van der Waals surface area contributed by atoms with Gasteiger partial charge in [0.1, 0.15) is 5.75 Å². The van der Waals surface area contributed by atoms with Crippen molar-refractivity contribution in [3.05, 3.63) is 35.7 Å². The number of aromatic nitrogens is 4. The van der Waals surface area contributed by atoms with Crippen LogP contribution in [0.1, 0.15) is 57.8 Å². The summed E-state index contributed by atoms with van der Waals surface area (Å²) in [6.07, 6.45) is 1.37. The number of hydrogen-bond acceptors (Lipinski definition) is 5. The molecule has 140 valence electrons. The van der Waals surface area contributed by atoms with Gasteiger partial charge in [-0.2, -0.15) is 5.21 Å². The second-order valence-electron chi connectivity index (χ2n) is 7.93. The third-order valence-corrected chi connectivity index (χ3v) is 4.84. The molecule has 26 heavy (non-hydrogen) atoms. The van der Waals surface area contributed by atoms with Gasteiger partial charge in [0.15, 0.2) is 11.9 Å². The van der Waals surface area contributed by atoms with Gasteiger partial charge >= 0.3 is 0 Å². The lowest BCUT2D eigenvalue weighted by atomic mass is 9.87. The predicted octanol–water partition coefficient (Wildman–Crippen LogP) is 2.67. The lowest BCUT2D eigenvalue weighted by Gasteiger charge is -2.33. The van der Waals surface area contributed by atoms with Crippen LogP contribution < -0.4 is 4.74 Å². The third-order valence-electron chi connectivity index (χ3n) is 4.84. The van der Waals surface area contributed by atoms with E-state index >= 15 is 0 Å². The number of tetrazole rings is 1. The van der Waals surface area contributed by atoms with Crippen LogP contribution in [0.5, 0.6) is 5.75 Å². The molecule has 3 rings (SSSR count). The molecule has 0 unspecified atom stereocenters. The number of nitrogens with zero attached hydrogens (tertiary/aromatic N) is 4. The monoisotopic (exact) mass is 357 g/mol. The van der Waals surface area contributed by atoms with Gasteiger partial charge < -0.3 is 9.64 Å². The quantitative estimate of drug-likeness (QED) is 0.909. The van der Waals surface area contributed by atoms with Crippen molar-refractivity contribution >= 4 is 5.91 Å². The Labute approximate surface area is 154 Å². The van der Waals surface area contributed by atoms with Crippen LogP contribution in [-0.4, -0.2) is 50.6 Å². The molecular formula is C19H27N5O2. The number of benzene rings is 1. The summed E-state index contributed by atoms with van der Waals surface area (Å²) in [5.74, 6) is 1.52. The zero-order chi connectivity index (χ0) is 18.7. The maximum atomic E-state index is 12.8. The highest BCUT2D eigenvalue weighted by Crippen LogP contribution is 2.26. The van der Waals surface area contributed by atoms with Crippen molar-refractivity contribution in [2.24, 2.45) is 0 Å². The average molecular weight is 357 g/mol. The number of rotatable bonds is 4. The minimum absolute atomic E-state index is 0.00177. The molecule has 1 fully saturated rings. The Morgan fingerprint density at radius 1 is 1.31 bits per heavy atom. The zero-order valence-electron chi connectivity index (χ0n) is 15.9. The van der Waals surface area contributed by atoms with Gasteiger partial charge in [0.2, 0.25) is 0 Å². The zero-order valence-corrected chi connectivity index (χ0v) is 15.9. The molecule has 0 radical (unpaired) electrons. The van der Waals surface area contributed by atoms with Gasteiger partial charge in [0.05, 0.1) is 0 Å². The predicted molar refractivity (Wildman–Crippen MR) is 98.0 cm³/mol. The maximum Gasteiger partial charge on any atom is 0.263 e. The first kappa shape index (κ1) is 18.4. The number of H-pyrrole nitrogens is 1. The van der Waals surface area contributed by atoms with Crippen LogP contribution in [0, 0.1) is 0 Å². The Balaban J connectivity index is 1.60. The van der Waals surface area contributed by atoms with Crippen LogP contribution in [0.3, 0.4) is 0 Å². The molecule has 1 aliphatic rings. The number of piperidine rings is 1. The van der Waals surface area contributed by atoms with Gasteiger partial charge in [0.25, 0.3) is 5.91 Å². The Morgan fingerprint density at radius 2 is 2.04 bits per heavy atom. The van der Waals surface area contributed by atoms with Crippen LogP contribution in [-0.2, 0) is 10.2 Å². The molecule has 1 aliphatic heterocycles. The van der Waals surface area contributed by atoms with Crippen molar-refractivity contribution in [3.8, 4) is 5.75 Å². The number of carbonyl (C=O) groups is 1. The molecule has 7 heteroatoms. The van der Waals surface area contributed by atoms with Gasteiger partial charge in [-0.25, -0.2) is 0 Å². The Morgan fingerprint density at radius 3 is 2.65 bits per heavy atom. The van der Waals surface area contributed by atoms with E-state index in [1.807, 2.05) is 17.0 Å². The fourth-order valence-corrected chi connectivity index (χ4v) is 3.28. The number of likely N-dealkylation sites (tertiary alicyclic amines) is 1. The first-order chi connectivity index (χ1) is 12.3. The van der Waals surface area contributed by atoms with Crippen LogP contribution >= 0.6 is 0 Å². The number of nitrogens with one attached hydrogen (secondary N) is 1. The van der Waals surface area contributed by atoms with Crippen molar-refractivity contribution in [2.75, 3.05) is 13.1 Å². The topological polar surface area (TPSA) is 84.0 Å². The van der Waals surface area contributed by atoms with Crippen molar-refractivity contribution in [1.82, 2.24) is 25.5 Å². The summed E-state index contributed by atoms with van der Waals surface area (Å²) in [7, 11) is 0. The lowest BCUT2D eigenvalue weighted by Crippen LogP contribution is -2.45. The third kappa shape index (κ3) is 4.20. The molecule has 0 aliphatic carbocycles. The average Bonchev–Trinajstić information content (AvgIpc) is 3.15. The smallest absolute Gasteiger partial charge is 0.263 e. The number of aromatic amines is 1. The van der Waals surface area contributed by atoms with E-state index in [4.69, 9.17) is 4.74 Å². The Kier molecular flexibility index (Phi) is 5.25. The van der Waals surface area contributed by atoms with E-state index in [-0.39, 0.29) is 17.2 Å². The molecule has 0 bridgehead atoms. The standard InChI is InChI=1S/C19H27N5O2/c1-13(26-16-9-7-15(8-10-16)19(2,3)4)18(25)24-11-5-6-14(12-24)17-20-22-23-21-17/h7-10,13-14H,5-6,11-12H2,1-4H3,(H,20,21,22,23)/t13-,14+/m0/s1. The van der Waals surface area contributed by atoms with Gasteiger partial charge in [0, 0.05) is 19.0 Å². The molecular weight excluding hydrogens is 330 g/mol. The molecule has 1 saturated heterocycles. The fraction of sp³-hybridized carbons (Fsp3) is 0.579. The summed E-state index contributed by atoms with van der Waals surface area (Å²) in [6.45, 7) is 9.67. The van der Waals surface area contributed by atoms with Crippen LogP contribution in [0.25, 0.3) is 0 Å². The summed E-state index contributed by atoms with van der Waals surface area (Å²) in [6, 6.07) is 7.98. The maximum absolute atomic E-state index is 12.8. The lowest BCUT2D eigenvalue weighted by molar-refractivity contribution is -0.139. The van der Waals surface area contributed by atoms with Crippen LogP contribution in [0.2, 0.25) is 0 Å². The fourth-order valence-electron chi connectivity index (χ4n) is 3.28. The summed E-state index contributed by atoms with van der Waals surface area (Å²) >= 11 is 0. The van der Waals surface area contributed by atoms with Gasteiger partial charge in [-0.3, -0.25) is 4.79 Å². The molecule has 0 saturated carbocycles. The van der Waals surface area contributed by atoms with E-state index in [0.717, 1.165) is 19.4 Å². The number of hydrogen-bond donors (Lipinski definition) is 1. The van der Waals surface area contributed by atoms with E-state index in [9.17, 15) is 4.79 Å². The second-order valence-corrected chi connectivity index (χ2v) is 7.93. The SMILES string of the molecule is C[C@H](Oc1ccc(C(C)(C)C)cc1)C(=O)N1CCC[C@@H](c2nn[nH]n2)C1. The van der Waals surface area contributed by atoms with Crippen molar-refractivity contribution in [2.45, 2.75) is 58.0 Å². The van der Waals surface area contributed by atoms with E-state index in [2.05, 4.69) is 53.5 Å².